The van der Waals surface area contributed by atoms with E-state index >= 15 is 0 Å². The Labute approximate surface area is 156 Å². The highest BCUT2D eigenvalue weighted by molar-refractivity contribution is 6.01. The molecule has 2 aromatic carbocycles. The zero-order valence-corrected chi connectivity index (χ0v) is 15.4. The van der Waals surface area contributed by atoms with Gasteiger partial charge in [0.25, 0.3) is 0 Å². The number of nitrogens with one attached hydrogen (secondary N) is 1. The summed E-state index contributed by atoms with van der Waals surface area (Å²) in [5, 5.41) is 4.96. The van der Waals surface area contributed by atoms with Gasteiger partial charge in [-0.2, -0.15) is 0 Å². The average Bonchev–Trinajstić information content (AvgIpc) is 3.14. The summed E-state index contributed by atoms with van der Waals surface area (Å²) in [6, 6.07) is 13.2. The third-order valence-electron chi connectivity index (χ3n) is 4.17. The number of esters is 1. The fourth-order valence-electron chi connectivity index (χ4n) is 2.74. The van der Waals surface area contributed by atoms with Crippen LogP contribution < -0.4 is 5.32 Å². The molecular weight excluding hydrogens is 346 g/mol. The highest BCUT2D eigenvalue weighted by Crippen LogP contribution is 2.23. The van der Waals surface area contributed by atoms with Gasteiger partial charge in [-0.05, 0) is 25.3 Å². The Kier molecular flexibility index (Phi) is 5.40. The number of aromatic nitrogens is 1. The molecule has 1 aromatic heterocycles. The van der Waals surface area contributed by atoms with Crippen molar-refractivity contribution < 1.29 is 18.7 Å². The first-order valence-electron chi connectivity index (χ1n) is 8.57. The Morgan fingerprint density at radius 1 is 1.19 bits per heavy atom. The van der Waals surface area contributed by atoms with Crippen LogP contribution in [0.25, 0.3) is 10.8 Å². The number of benzene rings is 2. The van der Waals surface area contributed by atoms with Crippen molar-refractivity contribution in [2.45, 2.75) is 26.4 Å². The number of fused-ring (bicyclic) bond motifs is 1. The number of carbonyl (C=O) groups excluding carboxylic acids is 2. The van der Waals surface area contributed by atoms with Crippen molar-refractivity contribution in [1.82, 2.24) is 9.88 Å². The van der Waals surface area contributed by atoms with Crippen molar-refractivity contribution in [3.63, 3.8) is 0 Å². The molecule has 0 saturated carbocycles. The smallest absolute Gasteiger partial charge is 0.360 e. The van der Waals surface area contributed by atoms with Crippen LogP contribution in [0.5, 0.6) is 0 Å². The summed E-state index contributed by atoms with van der Waals surface area (Å²) in [6.07, 6.45) is 1.22. The lowest BCUT2D eigenvalue weighted by atomic mass is 10.1. The van der Waals surface area contributed by atoms with Crippen LogP contribution in [0.3, 0.4) is 0 Å². The van der Waals surface area contributed by atoms with Crippen molar-refractivity contribution in [3.8, 4) is 0 Å². The summed E-state index contributed by atoms with van der Waals surface area (Å²) in [6.45, 7) is 3.92. The fourth-order valence-corrected chi connectivity index (χ4v) is 2.74. The predicted molar refractivity (Wildman–Crippen MR) is 101 cm³/mol. The summed E-state index contributed by atoms with van der Waals surface area (Å²) < 4.78 is 9.92. The molecule has 0 bridgehead atoms. The molecule has 1 N–H and O–H groups in total. The van der Waals surface area contributed by atoms with Crippen LogP contribution in [-0.2, 0) is 11.3 Å². The predicted octanol–water partition coefficient (Wildman–Crippen LogP) is 4.06. The number of methoxy groups -OCH3 is 1. The molecule has 7 nitrogen and oxygen atoms in total. The van der Waals surface area contributed by atoms with Gasteiger partial charge in [0.1, 0.15) is 6.26 Å². The minimum atomic E-state index is -0.582. The second-order valence-corrected chi connectivity index (χ2v) is 6.30. The average molecular weight is 367 g/mol. The van der Waals surface area contributed by atoms with Crippen LogP contribution in [0.4, 0.5) is 10.5 Å². The maximum atomic E-state index is 12.9. The first kappa shape index (κ1) is 18.4. The lowest BCUT2D eigenvalue weighted by molar-refractivity contribution is 0.0594. The van der Waals surface area contributed by atoms with Gasteiger partial charge in [0.2, 0.25) is 5.89 Å². The Hall–Kier alpha value is -3.35. The van der Waals surface area contributed by atoms with E-state index in [1.165, 1.54) is 13.4 Å². The van der Waals surface area contributed by atoms with Gasteiger partial charge in [0.05, 0.1) is 19.3 Å². The van der Waals surface area contributed by atoms with Gasteiger partial charge in [0, 0.05) is 11.4 Å². The number of hydrogen-bond acceptors (Lipinski definition) is 5. The molecule has 0 atom stereocenters. The van der Waals surface area contributed by atoms with Gasteiger partial charge in [-0.25, -0.2) is 14.6 Å². The lowest BCUT2D eigenvalue weighted by Crippen LogP contribution is -2.39. The van der Waals surface area contributed by atoms with E-state index in [0.717, 1.165) is 16.5 Å². The minimum absolute atomic E-state index is 0.0747. The van der Waals surface area contributed by atoms with Crippen molar-refractivity contribution in [3.05, 3.63) is 60.3 Å². The molecule has 0 aliphatic heterocycles. The van der Waals surface area contributed by atoms with Crippen molar-refractivity contribution >= 4 is 28.5 Å². The number of hydrogen-bond donors (Lipinski definition) is 1. The van der Waals surface area contributed by atoms with E-state index in [9.17, 15) is 9.59 Å². The highest BCUT2D eigenvalue weighted by atomic mass is 16.5. The molecular formula is C20H21N3O4. The SMILES string of the molecule is COC(=O)c1coc(CN(C(=O)Nc2cccc3ccccc23)C(C)C)n1. The summed E-state index contributed by atoms with van der Waals surface area (Å²) in [5.41, 5.74) is 0.803. The van der Waals surface area contributed by atoms with E-state index in [1.54, 1.807) is 4.90 Å². The van der Waals surface area contributed by atoms with E-state index in [-0.39, 0.29) is 30.2 Å². The Morgan fingerprint density at radius 2 is 1.93 bits per heavy atom. The molecule has 0 spiro atoms. The number of carbonyl (C=O) groups is 2. The quantitative estimate of drug-likeness (QED) is 0.688. The maximum absolute atomic E-state index is 12.9. The van der Waals surface area contributed by atoms with Crippen LogP contribution in [0.1, 0.15) is 30.2 Å². The number of anilines is 1. The standard InChI is InChI=1S/C20H21N3O4/c1-13(2)23(11-18-21-17(12-27-18)19(24)26-3)20(25)22-16-10-6-8-14-7-4-5-9-15(14)16/h4-10,12-13H,11H2,1-3H3,(H,22,25). The van der Waals surface area contributed by atoms with Gasteiger partial charge in [-0.15, -0.1) is 0 Å². The van der Waals surface area contributed by atoms with Crippen LogP contribution in [-0.4, -0.2) is 35.0 Å². The second-order valence-electron chi connectivity index (χ2n) is 6.30. The Morgan fingerprint density at radius 3 is 2.67 bits per heavy atom. The molecule has 140 valence electrons. The van der Waals surface area contributed by atoms with Crippen LogP contribution in [0.15, 0.2) is 53.1 Å². The molecule has 0 aliphatic rings. The molecule has 0 fully saturated rings. The maximum Gasteiger partial charge on any atom is 0.360 e. The zero-order valence-electron chi connectivity index (χ0n) is 15.4. The molecule has 7 heteroatoms. The van der Waals surface area contributed by atoms with Crippen molar-refractivity contribution in [1.29, 1.82) is 0 Å². The number of nitrogens with zero attached hydrogens (tertiary/aromatic N) is 2. The summed E-state index contributed by atoms with van der Waals surface area (Å²) >= 11 is 0. The van der Waals surface area contributed by atoms with E-state index in [1.807, 2.05) is 56.3 Å². The van der Waals surface area contributed by atoms with Crippen LogP contribution >= 0.6 is 0 Å². The molecule has 0 saturated heterocycles. The van der Waals surface area contributed by atoms with E-state index in [4.69, 9.17) is 4.42 Å². The Balaban J connectivity index is 1.79. The molecule has 3 aromatic rings. The second kappa shape index (κ2) is 7.90. The summed E-state index contributed by atoms with van der Waals surface area (Å²) in [7, 11) is 1.27. The third kappa shape index (κ3) is 4.08. The van der Waals surface area contributed by atoms with Crippen molar-refractivity contribution in [2.24, 2.45) is 0 Å². The zero-order chi connectivity index (χ0) is 19.4. The van der Waals surface area contributed by atoms with Gasteiger partial charge in [0.15, 0.2) is 5.69 Å². The monoisotopic (exact) mass is 367 g/mol. The molecule has 0 aliphatic carbocycles. The van der Waals surface area contributed by atoms with E-state index < -0.39 is 5.97 Å². The number of amides is 2. The molecule has 0 radical (unpaired) electrons. The highest BCUT2D eigenvalue weighted by Gasteiger charge is 2.21. The number of ether oxygens (including phenoxy) is 1. The first-order valence-corrected chi connectivity index (χ1v) is 8.57. The lowest BCUT2D eigenvalue weighted by Gasteiger charge is -2.26. The normalized spacial score (nSPS) is 10.8. The number of oxazole rings is 1. The van der Waals surface area contributed by atoms with Gasteiger partial charge >= 0.3 is 12.0 Å². The molecule has 1 heterocycles. The van der Waals surface area contributed by atoms with Gasteiger partial charge in [-0.3, -0.25) is 0 Å². The summed E-state index contributed by atoms with van der Waals surface area (Å²) in [5.74, 6) is -0.321. The third-order valence-corrected chi connectivity index (χ3v) is 4.17. The molecule has 0 unspecified atom stereocenters. The van der Waals surface area contributed by atoms with Crippen LogP contribution in [0.2, 0.25) is 0 Å². The first-order chi connectivity index (χ1) is 13.0. The van der Waals surface area contributed by atoms with E-state index in [0.29, 0.717) is 0 Å². The van der Waals surface area contributed by atoms with Crippen LogP contribution in [0, 0.1) is 0 Å². The van der Waals surface area contributed by atoms with E-state index in [2.05, 4.69) is 15.0 Å². The van der Waals surface area contributed by atoms with Gasteiger partial charge in [-0.1, -0.05) is 36.4 Å². The largest absolute Gasteiger partial charge is 0.464 e. The number of rotatable bonds is 5. The minimum Gasteiger partial charge on any atom is -0.464 e. The van der Waals surface area contributed by atoms with Gasteiger partial charge < -0.3 is 19.4 Å². The topological polar surface area (TPSA) is 84.7 Å². The molecule has 3 rings (SSSR count). The molecule has 2 amide bonds. The fraction of sp³-hybridized carbons (Fsp3) is 0.250. The molecule has 27 heavy (non-hydrogen) atoms. The Bertz CT molecular complexity index is 959. The summed E-state index contributed by atoms with van der Waals surface area (Å²) in [4.78, 5) is 30.0. The number of urea groups is 1. The van der Waals surface area contributed by atoms with Crippen molar-refractivity contribution in [2.75, 3.05) is 12.4 Å².